The van der Waals surface area contributed by atoms with Gasteiger partial charge in [-0.2, -0.15) is 0 Å². The third kappa shape index (κ3) is 2.39. The van der Waals surface area contributed by atoms with Gasteiger partial charge < -0.3 is 14.4 Å². The number of phenols is 1. The van der Waals surface area contributed by atoms with Crippen molar-refractivity contribution in [1.82, 2.24) is 19.7 Å². The van der Waals surface area contributed by atoms with Crippen LogP contribution in [0.25, 0.3) is 0 Å². The van der Waals surface area contributed by atoms with E-state index in [9.17, 15) is 5.11 Å². The van der Waals surface area contributed by atoms with Crippen molar-refractivity contribution in [3.05, 3.63) is 35.9 Å². The molecule has 0 spiro atoms. The van der Waals surface area contributed by atoms with Crippen LogP contribution in [-0.4, -0.2) is 38.4 Å². The zero-order valence-electron chi connectivity index (χ0n) is 10.8. The second-order valence-corrected chi connectivity index (χ2v) is 4.66. The SMILES string of the molecule is COc1ccc(CN2CCn3cnnc3C2)cc1O. The van der Waals surface area contributed by atoms with Gasteiger partial charge in [0.15, 0.2) is 11.5 Å². The van der Waals surface area contributed by atoms with Gasteiger partial charge in [0, 0.05) is 19.6 Å². The zero-order chi connectivity index (χ0) is 13.2. The largest absolute Gasteiger partial charge is 0.504 e. The van der Waals surface area contributed by atoms with Crippen LogP contribution in [-0.2, 0) is 19.6 Å². The number of phenolic OH excluding ortho intramolecular Hbond substituents is 1. The number of aromatic nitrogens is 3. The first kappa shape index (κ1) is 12.0. The minimum atomic E-state index is 0.181. The molecule has 1 aliphatic rings. The molecule has 0 saturated heterocycles. The summed E-state index contributed by atoms with van der Waals surface area (Å²) in [6.45, 7) is 3.43. The monoisotopic (exact) mass is 260 g/mol. The zero-order valence-corrected chi connectivity index (χ0v) is 10.8. The van der Waals surface area contributed by atoms with Crippen molar-refractivity contribution in [2.75, 3.05) is 13.7 Å². The van der Waals surface area contributed by atoms with Crippen LogP contribution in [0.5, 0.6) is 11.5 Å². The maximum atomic E-state index is 9.78. The number of rotatable bonds is 3. The number of hydrogen-bond acceptors (Lipinski definition) is 5. The summed E-state index contributed by atoms with van der Waals surface area (Å²) >= 11 is 0. The molecule has 100 valence electrons. The Balaban J connectivity index is 1.71. The van der Waals surface area contributed by atoms with Crippen molar-refractivity contribution in [1.29, 1.82) is 0 Å². The van der Waals surface area contributed by atoms with Crippen molar-refractivity contribution in [3.63, 3.8) is 0 Å². The number of benzene rings is 1. The Morgan fingerprint density at radius 2 is 2.26 bits per heavy atom. The van der Waals surface area contributed by atoms with E-state index < -0.39 is 0 Å². The van der Waals surface area contributed by atoms with E-state index in [4.69, 9.17) is 4.74 Å². The van der Waals surface area contributed by atoms with Crippen molar-refractivity contribution in [2.45, 2.75) is 19.6 Å². The van der Waals surface area contributed by atoms with E-state index in [2.05, 4.69) is 19.7 Å². The molecule has 0 radical (unpaired) electrons. The second kappa shape index (κ2) is 4.89. The smallest absolute Gasteiger partial charge is 0.160 e. The van der Waals surface area contributed by atoms with E-state index in [1.165, 1.54) is 0 Å². The molecular formula is C13H16N4O2. The summed E-state index contributed by atoms with van der Waals surface area (Å²) in [6.07, 6.45) is 1.77. The van der Waals surface area contributed by atoms with Crippen molar-refractivity contribution >= 4 is 0 Å². The van der Waals surface area contributed by atoms with Crippen LogP contribution in [0.4, 0.5) is 0 Å². The summed E-state index contributed by atoms with van der Waals surface area (Å²) in [6, 6.07) is 5.51. The first-order valence-electron chi connectivity index (χ1n) is 6.21. The molecule has 3 rings (SSSR count). The van der Waals surface area contributed by atoms with Crippen LogP contribution in [0.1, 0.15) is 11.4 Å². The highest BCUT2D eigenvalue weighted by molar-refractivity contribution is 5.41. The molecule has 1 aliphatic heterocycles. The van der Waals surface area contributed by atoms with Crippen LogP contribution in [0.2, 0.25) is 0 Å². The van der Waals surface area contributed by atoms with Gasteiger partial charge in [-0.3, -0.25) is 4.90 Å². The predicted molar refractivity (Wildman–Crippen MR) is 68.8 cm³/mol. The number of nitrogens with zero attached hydrogens (tertiary/aromatic N) is 4. The second-order valence-electron chi connectivity index (χ2n) is 4.66. The summed E-state index contributed by atoms with van der Waals surface area (Å²) < 4.78 is 7.11. The molecule has 0 amide bonds. The van der Waals surface area contributed by atoms with Crippen LogP contribution in [0, 0.1) is 0 Å². The number of ether oxygens (including phenoxy) is 1. The molecule has 0 atom stereocenters. The first-order valence-corrected chi connectivity index (χ1v) is 6.21. The Bertz CT molecular complexity index is 582. The summed E-state index contributed by atoms with van der Waals surface area (Å²) in [5.74, 6) is 1.67. The Morgan fingerprint density at radius 1 is 1.37 bits per heavy atom. The third-order valence-corrected chi connectivity index (χ3v) is 3.37. The molecule has 0 saturated carbocycles. The van der Waals surface area contributed by atoms with E-state index >= 15 is 0 Å². The van der Waals surface area contributed by atoms with Gasteiger partial charge in [0.2, 0.25) is 0 Å². The number of hydrogen-bond donors (Lipinski definition) is 1. The van der Waals surface area contributed by atoms with Crippen LogP contribution < -0.4 is 4.74 Å². The first-order chi connectivity index (χ1) is 9.26. The number of methoxy groups -OCH3 is 1. The Kier molecular flexibility index (Phi) is 3.08. The van der Waals surface area contributed by atoms with Gasteiger partial charge in [-0.1, -0.05) is 6.07 Å². The highest BCUT2D eigenvalue weighted by atomic mass is 16.5. The molecule has 19 heavy (non-hydrogen) atoms. The average Bonchev–Trinajstić information content (AvgIpc) is 2.86. The number of aromatic hydroxyl groups is 1. The van der Waals surface area contributed by atoms with Crippen LogP contribution in [0.3, 0.4) is 0 Å². The van der Waals surface area contributed by atoms with Crippen LogP contribution >= 0.6 is 0 Å². The van der Waals surface area contributed by atoms with Crippen molar-refractivity contribution in [2.24, 2.45) is 0 Å². The lowest BCUT2D eigenvalue weighted by molar-refractivity contribution is 0.208. The molecule has 6 heteroatoms. The predicted octanol–water partition coefficient (Wildman–Crippen LogP) is 1.01. The number of fused-ring (bicyclic) bond motifs is 1. The lowest BCUT2D eigenvalue weighted by atomic mass is 10.2. The van der Waals surface area contributed by atoms with Gasteiger partial charge in [-0.25, -0.2) is 0 Å². The molecule has 0 fully saturated rings. The lowest BCUT2D eigenvalue weighted by Crippen LogP contribution is -2.33. The molecular weight excluding hydrogens is 244 g/mol. The maximum Gasteiger partial charge on any atom is 0.160 e. The Labute approximate surface area is 111 Å². The summed E-state index contributed by atoms with van der Waals surface area (Å²) in [7, 11) is 1.55. The molecule has 0 aliphatic carbocycles. The minimum Gasteiger partial charge on any atom is -0.504 e. The van der Waals surface area contributed by atoms with Crippen LogP contribution in [0.15, 0.2) is 24.5 Å². The lowest BCUT2D eigenvalue weighted by Gasteiger charge is -2.26. The Morgan fingerprint density at radius 3 is 3.05 bits per heavy atom. The summed E-state index contributed by atoms with van der Waals surface area (Å²) in [5.41, 5.74) is 1.06. The topological polar surface area (TPSA) is 63.4 Å². The van der Waals surface area contributed by atoms with Gasteiger partial charge in [0.05, 0.1) is 13.7 Å². The fraction of sp³-hybridized carbons (Fsp3) is 0.385. The molecule has 0 bridgehead atoms. The van der Waals surface area contributed by atoms with Gasteiger partial charge >= 0.3 is 0 Å². The normalized spacial score (nSPS) is 15.2. The summed E-state index contributed by atoms with van der Waals surface area (Å²) in [4.78, 5) is 2.28. The van der Waals surface area contributed by atoms with Crippen molar-refractivity contribution in [3.8, 4) is 11.5 Å². The quantitative estimate of drug-likeness (QED) is 0.892. The molecule has 2 heterocycles. The minimum absolute atomic E-state index is 0.181. The molecule has 1 aromatic carbocycles. The average molecular weight is 260 g/mol. The molecule has 6 nitrogen and oxygen atoms in total. The molecule has 1 aromatic heterocycles. The summed E-state index contributed by atoms with van der Waals surface area (Å²) in [5, 5.41) is 17.8. The highest BCUT2D eigenvalue weighted by Gasteiger charge is 2.17. The maximum absolute atomic E-state index is 9.78. The molecule has 0 unspecified atom stereocenters. The van der Waals surface area contributed by atoms with E-state index in [0.717, 1.165) is 37.6 Å². The standard InChI is InChI=1S/C13H16N4O2/c1-19-12-3-2-10(6-11(12)18)7-16-4-5-17-9-14-15-13(17)8-16/h2-3,6,9,18H,4-5,7-8H2,1H3. The Hall–Kier alpha value is -2.08. The fourth-order valence-corrected chi connectivity index (χ4v) is 2.34. The van der Waals surface area contributed by atoms with Gasteiger partial charge in [0.25, 0.3) is 0 Å². The molecule has 2 aromatic rings. The van der Waals surface area contributed by atoms with E-state index in [0.29, 0.717) is 5.75 Å². The van der Waals surface area contributed by atoms with Gasteiger partial charge in [-0.05, 0) is 17.7 Å². The van der Waals surface area contributed by atoms with E-state index in [1.54, 1.807) is 25.6 Å². The third-order valence-electron chi connectivity index (χ3n) is 3.37. The fourth-order valence-electron chi connectivity index (χ4n) is 2.34. The van der Waals surface area contributed by atoms with Gasteiger partial charge in [0.1, 0.15) is 12.2 Å². The van der Waals surface area contributed by atoms with Gasteiger partial charge in [-0.15, -0.1) is 10.2 Å². The molecule has 1 N–H and O–H groups in total. The van der Waals surface area contributed by atoms with E-state index in [1.807, 2.05) is 6.07 Å². The van der Waals surface area contributed by atoms with Crippen molar-refractivity contribution < 1.29 is 9.84 Å². The highest BCUT2D eigenvalue weighted by Crippen LogP contribution is 2.27. The van der Waals surface area contributed by atoms with E-state index in [-0.39, 0.29) is 5.75 Å².